The zero-order chi connectivity index (χ0) is 15.7. The van der Waals surface area contributed by atoms with Gasteiger partial charge in [-0.1, -0.05) is 0 Å². The number of aromatic nitrogens is 1. The van der Waals surface area contributed by atoms with Crippen molar-refractivity contribution in [2.45, 2.75) is 12.0 Å². The van der Waals surface area contributed by atoms with E-state index in [4.69, 9.17) is 4.74 Å². The van der Waals surface area contributed by atoms with Crippen molar-refractivity contribution in [2.75, 3.05) is 18.6 Å². The molecule has 7 heteroatoms. The molecule has 3 N–H and O–H groups in total. The standard InChI is InChI=1S/C15H16N2O4S/c1-21-10-2-3-11-9(6-10)7-12(16-11)13(18)17-15(14(19)20)4-5-22-8-15/h2-3,6-7,16H,4-5,8H2,1H3,(H,17,18)(H,19,20). The summed E-state index contributed by atoms with van der Waals surface area (Å²) >= 11 is 1.53. The van der Waals surface area contributed by atoms with Crippen LogP contribution < -0.4 is 10.1 Å². The summed E-state index contributed by atoms with van der Waals surface area (Å²) in [5, 5.41) is 12.9. The van der Waals surface area contributed by atoms with E-state index >= 15 is 0 Å². The molecular formula is C15H16N2O4S. The minimum absolute atomic E-state index is 0.348. The third-order valence-electron chi connectivity index (χ3n) is 3.86. The van der Waals surface area contributed by atoms with Crippen LogP contribution in [0.1, 0.15) is 16.9 Å². The van der Waals surface area contributed by atoms with Crippen LogP contribution >= 0.6 is 11.8 Å². The van der Waals surface area contributed by atoms with Crippen LogP contribution in [0.3, 0.4) is 0 Å². The Hall–Kier alpha value is -2.15. The largest absolute Gasteiger partial charge is 0.497 e. The molecule has 1 saturated heterocycles. The highest BCUT2D eigenvalue weighted by Crippen LogP contribution is 2.29. The lowest BCUT2D eigenvalue weighted by Crippen LogP contribution is -2.54. The first-order valence-electron chi connectivity index (χ1n) is 6.84. The van der Waals surface area contributed by atoms with E-state index in [-0.39, 0.29) is 0 Å². The summed E-state index contributed by atoms with van der Waals surface area (Å²) in [7, 11) is 1.58. The van der Waals surface area contributed by atoms with E-state index < -0.39 is 17.4 Å². The Kier molecular flexibility index (Phi) is 3.74. The van der Waals surface area contributed by atoms with Gasteiger partial charge in [0.25, 0.3) is 5.91 Å². The zero-order valence-electron chi connectivity index (χ0n) is 12.0. The third kappa shape index (κ3) is 2.52. The number of amides is 1. The summed E-state index contributed by atoms with van der Waals surface area (Å²) in [5.74, 6) is 0.440. The van der Waals surface area contributed by atoms with Crippen molar-refractivity contribution in [1.29, 1.82) is 0 Å². The Morgan fingerprint density at radius 3 is 2.86 bits per heavy atom. The smallest absolute Gasteiger partial charge is 0.330 e. The highest BCUT2D eigenvalue weighted by Gasteiger charge is 2.43. The lowest BCUT2D eigenvalue weighted by atomic mass is 9.99. The molecule has 1 atom stereocenters. The number of benzene rings is 1. The minimum atomic E-state index is -1.17. The molecule has 1 aromatic heterocycles. The van der Waals surface area contributed by atoms with E-state index in [1.54, 1.807) is 19.2 Å². The van der Waals surface area contributed by atoms with Crippen LogP contribution in [-0.4, -0.2) is 46.1 Å². The number of thioether (sulfide) groups is 1. The molecule has 1 aliphatic rings. The van der Waals surface area contributed by atoms with Gasteiger partial charge in [-0.05, 0) is 36.4 Å². The number of rotatable bonds is 4. The number of hydrogen-bond acceptors (Lipinski definition) is 4. The van der Waals surface area contributed by atoms with Crippen molar-refractivity contribution in [3.8, 4) is 5.75 Å². The van der Waals surface area contributed by atoms with Crippen LogP contribution in [0.4, 0.5) is 0 Å². The molecule has 1 aliphatic heterocycles. The van der Waals surface area contributed by atoms with E-state index in [1.165, 1.54) is 11.8 Å². The van der Waals surface area contributed by atoms with Gasteiger partial charge in [-0.3, -0.25) is 4.79 Å². The molecule has 0 spiro atoms. The van der Waals surface area contributed by atoms with Crippen molar-refractivity contribution >= 4 is 34.5 Å². The number of carbonyl (C=O) groups is 2. The normalized spacial score (nSPS) is 21.0. The van der Waals surface area contributed by atoms with E-state index in [0.717, 1.165) is 16.7 Å². The number of nitrogens with one attached hydrogen (secondary N) is 2. The highest BCUT2D eigenvalue weighted by molar-refractivity contribution is 7.99. The Balaban J connectivity index is 1.87. The predicted molar refractivity (Wildman–Crippen MR) is 84.6 cm³/mol. The molecule has 0 aliphatic carbocycles. The van der Waals surface area contributed by atoms with Gasteiger partial charge in [0.15, 0.2) is 0 Å². The van der Waals surface area contributed by atoms with Crippen molar-refractivity contribution in [3.05, 3.63) is 30.0 Å². The molecule has 6 nitrogen and oxygen atoms in total. The molecule has 0 bridgehead atoms. The molecule has 3 rings (SSSR count). The second-order valence-corrected chi connectivity index (χ2v) is 6.39. The maximum absolute atomic E-state index is 12.4. The van der Waals surface area contributed by atoms with Gasteiger partial charge < -0.3 is 20.1 Å². The zero-order valence-corrected chi connectivity index (χ0v) is 12.8. The van der Waals surface area contributed by atoms with E-state index in [2.05, 4.69) is 10.3 Å². The number of H-pyrrole nitrogens is 1. The SMILES string of the molecule is COc1ccc2[nH]c(C(=O)NC3(C(=O)O)CCSC3)cc2c1. The van der Waals surface area contributed by atoms with Crippen molar-refractivity contribution in [3.63, 3.8) is 0 Å². The number of fused-ring (bicyclic) bond motifs is 1. The Labute approximate surface area is 131 Å². The first kappa shape index (κ1) is 14.8. The fourth-order valence-corrected chi connectivity index (χ4v) is 3.86. The molecule has 116 valence electrons. The fourth-order valence-electron chi connectivity index (χ4n) is 2.53. The van der Waals surface area contributed by atoms with E-state index in [9.17, 15) is 14.7 Å². The second-order valence-electron chi connectivity index (χ2n) is 5.28. The summed E-state index contributed by atoms with van der Waals surface area (Å²) < 4.78 is 5.15. The summed E-state index contributed by atoms with van der Waals surface area (Å²) in [6, 6.07) is 7.14. The Bertz CT molecular complexity index is 734. The lowest BCUT2D eigenvalue weighted by molar-refractivity contribution is -0.143. The number of carbonyl (C=O) groups excluding carboxylic acids is 1. The monoisotopic (exact) mass is 320 g/mol. The van der Waals surface area contributed by atoms with Gasteiger partial charge in [-0.15, -0.1) is 0 Å². The van der Waals surface area contributed by atoms with Crippen molar-refractivity contribution in [1.82, 2.24) is 10.3 Å². The molecular weight excluding hydrogens is 304 g/mol. The number of ether oxygens (including phenoxy) is 1. The van der Waals surface area contributed by atoms with Gasteiger partial charge in [0.05, 0.1) is 7.11 Å². The maximum atomic E-state index is 12.4. The number of hydrogen-bond donors (Lipinski definition) is 3. The number of carboxylic acids is 1. The van der Waals surface area contributed by atoms with Gasteiger partial charge in [0.2, 0.25) is 0 Å². The van der Waals surface area contributed by atoms with Gasteiger partial charge >= 0.3 is 5.97 Å². The first-order valence-corrected chi connectivity index (χ1v) is 8.00. The van der Waals surface area contributed by atoms with Gasteiger partial charge in [-0.2, -0.15) is 11.8 Å². The average molecular weight is 320 g/mol. The molecule has 22 heavy (non-hydrogen) atoms. The van der Waals surface area contributed by atoms with Gasteiger partial charge in [0.1, 0.15) is 17.0 Å². The first-order chi connectivity index (χ1) is 10.5. The molecule has 0 radical (unpaired) electrons. The van der Waals surface area contributed by atoms with Crippen LogP contribution in [0.25, 0.3) is 10.9 Å². The quantitative estimate of drug-likeness (QED) is 0.800. The number of aromatic amines is 1. The Morgan fingerprint density at radius 1 is 1.41 bits per heavy atom. The molecule has 1 fully saturated rings. The highest BCUT2D eigenvalue weighted by atomic mass is 32.2. The Morgan fingerprint density at radius 2 is 2.23 bits per heavy atom. The van der Waals surface area contributed by atoms with Crippen LogP contribution in [0.15, 0.2) is 24.3 Å². The van der Waals surface area contributed by atoms with Crippen LogP contribution in [-0.2, 0) is 4.79 Å². The van der Waals surface area contributed by atoms with E-state index in [1.807, 2.05) is 12.1 Å². The van der Waals surface area contributed by atoms with Crippen LogP contribution in [0.5, 0.6) is 5.75 Å². The number of methoxy groups -OCH3 is 1. The summed E-state index contributed by atoms with van der Waals surface area (Å²) in [6.07, 6.45) is 0.437. The molecule has 1 unspecified atom stereocenters. The summed E-state index contributed by atoms with van der Waals surface area (Å²) in [5.41, 5.74) is -0.0200. The van der Waals surface area contributed by atoms with E-state index in [0.29, 0.717) is 23.6 Å². The molecule has 0 saturated carbocycles. The molecule has 2 heterocycles. The summed E-state index contributed by atoms with van der Waals surface area (Å²) in [4.78, 5) is 26.9. The van der Waals surface area contributed by atoms with Crippen LogP contribution in [0, 0.1) is 0 Å². The average Bonchev–Trinajstić information content (AvgIpc) is 3.13. The van der Waals surface area contributed by atoms with Gasteiger partial charge in [0, 0.05) is 16.7 Å². The number of aliphatic carboxylic acids is 1. The summed E-state index contributed by atoms with van der Waals surface area (Å²) in [6.45, 7) is 0. The molecule has 2 aromatic rings. The second kappa shape index (κ2) is 5.57. The number of carboxylic acid groups (broad SMARTS) is 1. The van der Waals surface area contributed by atoms with Crippen molar-refractivity contribution in [2.24, 2.45) is 0 Å². The maximum Gasteiger partial charge on any atom is 0.330 e. The minimum Gasteiger partial charge on any atom is -0.497 e. The molecule has 1 aromatic carbocycles. The fraction of sp³-hybridized carbons (Fsp3) is 0.333. The molecule has 1 amide bonds. The van der Waals surface area contributed by atoms with Crippen LogP contribution in [0.2, 0.25) is 0 Å². The van der Waals surface area contributed by atoms with Crippen molar-refractivity contribution < 1.29 is 19.4 Å². The third-order valence-corrected chi connectivity index (χ3v) is 5.05. The topological polar surface area (TPSA) is 91.4 Å². The lowest BCUT2D eigenvalue weighted by Gasteiger charge is -2.24. The predicted octanol–water partition coefficient (Wildman–Crippen LogP) is 1.87. The van der Waals surface area contributed by atoms with Gasteiger partial charge in [-0.25, -0.2) is 4.79 Å².